The van der Waals surface area contributed by atoms with Gasteiger partial charge in [0, 0.05) is 12.1 Å². The van der Waals surface area contributed by atoms with Crippen LogP contribution in [0.25, 0.3) is 0 Å². The van der Waals surface area contributed by atoms with Gasteiger partial charge in [-0.15, -0.1) is 0 Å². The summed E-state index contributed by atoms with van der Waals surface area (Å²) < 4.78 is -1.44. The molecule has 118 valence electrons. The highest BCUT2D eigenvalue weighted by Gasteiger charge is 2.48. The summed E-state index contributed by atoms with van der Waals surface area (Å²) in [6, 6.07) is 24.8. The van der Waals surface area contributed by atoms with E-state index in [1.807, 2.05) is 0 Å². The van der Waals surface area contributed by atoms with Gasteiger partial charge in [0.2, 0.25) is 0 Å². The van der Waals surface area contributed by atoms with Crippen molar-refractivity contribution in [1.82, 2.24) is 4.65 Å². The van der Waals surface area contributed by atoms with Crippen LogP contribution in [0.2, 0.25) is 0 Å². The molecule has 24 heavy (non-hydrogen) atoms. The molecular formula is C20H16NO3+. The third-order valence-electron chi connectivity index (χ3n) is 3.76. The second-order valence-corrected chi connectivity index (χ2v) is 5.31. The molecule has 1 N–H and O–H groups in total. The van der Waals surface area contributed by atoms with E-state index in [9.17, 15) is 14.8 Å². The Kier molecular flexibility index (Phi) is 4.33. The van der Waals surface area contributed by atoms with Crippen LogP contribution in [0.15, 0.2) is 91.0 Å². The minimum Gasteiger partial charge on any atom is -0.221 e. The van der Waals surface area contributed by atoms with Gasteiger partial charge in [0.15, 0.2) is 5.69 Å². The molecule has 0 heterocycles. The molecule has 0 radical (unpaired) electrons. The molecule has 0 spiro atoms. The summed E-state index contributed by atoms with van der Waals surface area (Å²) in [6.45, 7) is 0. The lowest BCUT2D eigenvalue weighted by atomic mass is 10.1. The van der Waals surface area contributed by atoms with Crippen LogP contribution in [0.5, 0.6) is 0 Å². The average Bonchev–Trinajstić information content (AvgIpc) is 2.68. The summed E-state index contributed by atoms with van der Waals surface area (Å²) in [7, 11) is 0. The first-order chi connectivity index (χ1) is 11.6. The number of benzene rings is 3. The molecule has 0 unspecified atom stereocenters. The van der Waals surface area contributed by atoms with E-state index >= 15 is 0 Å². The monoisotopic (exact) mass is 318 g/mol. The summed E-state index contributed by atoms with van der Waals surface area (Å²) in [4.78, 5) is 26.0. The van der Waals surface area contributed by atoms with Crippen molar-refractivity contribution in [3.05, 3.63) is 102 Å². The highest BCUT2D eigenvalue weighted by molar-refractivity contribution is 6.18. The van der Waals surface area contributed by atoms with E-state index in [0.717, 1.165) is 0 Å². The van der Waals surface area contributed by atoms with Crippen LogP contribution in [0.4, 0.5) is 5.69 Å². The third-order valence-corrected chi connectivity index (χ3v) is 3.76. The minimum absolute atomic E-state index is 0.195. The average molecular weight is 318 g/mol. The number of imide groups is 1. The van der Waals surface area contributed by atoms with Crippen LogP contribution in [0, 0.1) is 0 Å². The number of para-hydroxylation sites is 1. The molecule has 0 bridgehead atoms. The van der Waals surface area contributed by atoms with Crippen LogP contribution >= 0.6 is 0 Å². The molecule has 0 aromatic heterocycles. The molecule has 3 rings (SSSR count). The summed E-state index contributed by atoms with van der Waals surface area (Å²) in [5, 5.41) is 11.2. The van der Waals surface area contributed by atoms with Crippen molar-refractivity contribution >= 4 is 17.5 Å². The zero-order valence-electron chi connectivity index (χ0n) is 12.9. The fourth-order valence-corrected chi connectivity index (χ4v) is 2.51. The number of hydroxylamine groups is 2. The fourth-order valence-electron chi connectivity index (χ4n) is 2.51. The smallest absolute Gasteiger partial charge is 0.221 e. The van der Waals surface area contributed by atoms with Gasteiger partial charge in [0.05, 0.1) is 11.1 Å². The Bertz CT molecular complexity index is 794. The van der Waals surface area contributed by atoms with Crippen LogP contribution in [-0.4, -0.2) is 17.0 Å². The highest BCUT2D eigenvalue weighted by Crippen LogP contribution is 2.26. The first-order valence-corrected chi connectivity index (χ1v) is 7.51. The highest BCUT2D eigenvalue weighted by atomic mass is 16.6. The van der Waals surface area contributed by atoms with Crippen molar-refractivity contribution in [2.75, 3.05) is 0 Å². The number of hydrogen-bond donors (Lipinski definition) is 1. The number of amides is 2. The largest absolute Gasteiger partial charge is 0.391 e. The van der Waals surface area contributed by atoms with Crippen molar-refractivity contribution in [3.63, 3.8) is 0 Å². The number of rotatable bonds is 3. The first kappa shape index (κ1) is 15.8. The van der Waals surface area contributed by atoms with Gasteiger partial charge in [-0.1, -0.05) is 54.6 Å². The molecule has 0 saturated carbocycles. The summed E-state index contributed by atoms with van der Waals surface area (Å²) in [5.41, 5.74) is 0.710. The third kappa shape index (κ3) is 2.76. The number of carbonyl (C=O) groups excluding carboxylic acids is 2. The molecule has 2 amide bonds. The van der Waals surface area contributed by atoms with E-state index in [2.05, 4.69) is 0 Å². The van der Waals surface area contributed by atoms with Crippen LogP contribution in [0.3, 0.4) is 0 Å². The van der Waals surface area contributed by atoms with Gasteiger partial charge >= 0.3 is 11.8 Å². The molecule has 0 aliphatic rings. The first-order valence-electron chi connectivity index (χ1n) is 7.51. The number of quaternary nitrogens is 1. The maximum Gasteiger partial charge on any atom is 0.391 e. The van der Waals surface area contributed by atoms with Crippen LogP contribution < -0.4 is 4.65 Å². The lowest BCUT2D eigenvalue weighted by Gasteiger charge is -2.24. The van der Waals surface area contributed by atoms with Crippen molar-refractivity contribution in [2.45, 2.75) is 0 Å². The van der Waals surface area contributed by atoms with Gasteiger partial charge in [-0.2, -0.15) is 5.21 Å². The Hall–Kier alpha value is -3.08. The molecule has 0 saturated heterocycles. The second-order valence-electron chi connectivity index (χ2n) is 5.31. The van der Waals surface area contributed by atoms with Crippen LogP contribution in [-0.2, 0) is 0 Å². The van der Waals surface area contributed by atoms with Gasteiger partial charge in [-0.3, -0.25) is 0 Å². The summed E-state index contributed by atoms with van der Waals surface area (Å²) >= 11 is 0. The van der Waals surface area contributed by atoms with Crippen molar-refractivity contribution in [1.29, 1.82) is 0 Å². The zero-order chi connectivity index (χ0) is 17.0. The van der Waals surface area contributed by atoms with E-state index in [4.69, 9.17) is 0 Å². The Morgan fingerprint density at radius 2 is 0.917 bits per heavy atom. The van der Waals surface area contributed by atoms with Gasteiger partial charge < -0.3 is 0 Å². The Morgan fingerprint density at radius 1 is 0.583 bits per heavy atom. The minimum atomic E-state index is -1.44. The molecule has 0 aliphatic heterocycles. The molecule has 4 nitrogen and oxygen atoms in total. The molecule has 0 fully saturated rings. The molecule has 0 aliphatic carbocycles. The fraction of sp³-hybridized carbons (Fsp3) is 0. The molecule has 4 heteroatoms. The quantitative estimate of drug-likeness (QED) is 0.343. The SMILES string of the molecule is O=C(c1ccccc1)[N+](O)(C(=O)c1ccccc1)c1ccccc1. The van der Waals surface area contributed by atoms with Gasteiger partial charge in [0.25, 0.3) is 0 Å². The number of carbonyl (C=O) groups is 2. The molecule has 3 aromatic rings. The maximum absolute atomic E-state index is 13.0. The van der Waals surface area contributed by atoms with Crippen molar-refractivity contribution < 1.29 is 14.8 Å². The second kappa shape index (κ2) is 6.58. The molecular weight excluding hydrogens is 302 g/mol. The normalized spacial score (nSPS) is 11.0. The summed E-state index contributed by atoms with van der Waals surface area (Å²) in [6.07, 6.45) is 0. The lowest BCUT2D eigenvalue weighted by Crippen LogP contribution is -2.56. The van der Waals surface area contributed by atoms with Gasteiger partial charge in [-0.25, -0.2) is 9.59 Å². The van der Waals surface area contributed by atoms with E-state index < -0.39 is 16.5 Å². The van der Waals surface area contributed by atoms with E-state index in [1.54, 1.807) is 91.0 Å². The Labute approximate surface area is 139 Å². The van der Waals surface area contributed by atoms with E-state index in [1.165, 1.54) is 0 Å². The molecule has 3 aromatic carbocycles. The van der Waals surface area contributed by atoms with Gasteiger partial charge in [-0.05, 0) is 28.9 Å². The van der Waals surface area contributed by atoms with Crippen LogP contribution in [0.1, 0.15) is 20.7 Å². The Morgan fingerprint density at radius 3 is 1.29 bits per heavy atom. The van der Waals surface area contributed by atoms with E-state index in [0.29, 0.717) is 0 Å². The molecule has 0 atom stereocenters. The topological polar surface area (TPSA) is 54.4 Å². The predicted octanol–water partition coefficient (Wildman–Crippen LogP) is 4.06. The van der Waals surface area contributed by atoms with E-state index in [-0.39, 0.29) is 16.8 Å². The standard InChI is InChI=1S/C20H16NO3/c22-19(16-10-4-1-5-11-16)21(24,18-14-8-3-9-15-18)20(23)17-12-6-2-7-13-17/h1-15,24H/q+1. The Balaban J connectivity index is 2.15. The lowest BCUT2D eigenvalue weighted by molar-refractivity contribution is -0.0321. The number of hydrogen-bond acceptors (Lipinski definition) is 3. The van der Waals surface area contributed by atoms with Crippen molar-refractivity contribution in [3.8, 4) is 0 Å². The maximum atomic E-state index is 13.0. The number of nitrogens with zero attached hydrogens (tertiary/aromatic N) is 1. The van der Waals surface area contributed by atoms with Gasteiger partial charge in [0.1, 0.15) is 0 Å². The predicted molar refractivity (Wildman–Crippen MR) is 91.6 cm³/mol. The summed E-state index contributed by atoms with van der Waals surface area (Å²) in [5.74, 6) is -1.40. The van der Waals surface area contributed by atoms with Crippen molar-refractivity contribution in [2.24, 2.45) is 0 Å². The zero-order valence-corrected chi connectivity index (χ0v) is 12.9.